The number of carbonyl (C=O) groups is 1. The van der Waals surface area contributed by atoms with Gasteiger partial charge in [-0.15, -0.1) is 0 Å². The van der Waals surface area contributed by atoms with Crippen molar-refractivity contribution in [2.45, 2.75) is 71.6 Å². The smallest absolute Gasteiger partial charge is 0.409 e. The minimum atomic E-state index is -0.148. The van der Waals surface area contributed by atoms with Gasteiger partial charge in [0.15, 0.2) is 0 Å². The Labute approximate surface area is 147 Å². The molecule has 0 unspecified atom stereocenters. The second-order valence-electron chi connectivity index (χ2n) is 5.91. The van der Waals surface area contributed by atoms with Gasteiger partial charge in [-0.3, -0.25) is 0 Å². The van der Waals surface area contributed by atoms with Crippen LogP contribution < -0.4 is 0 Å². The molecule has 0 heterocycles. The molecule has 0 aliphatic heterocycles. The molecule has 0 saturated carbocycles. The van der Waals surface area contributed by atoms with Gasteiger partial charge in [0.2, 0.25) is 0 Å². The molecule has 0 fully saturated rings. The summed E-state index contributed by atoms with van der Waals surface area (Å²) < 4.78 is 5.41. The first-order chi connectivity index (χ1) is 11.3. The normalized spacial score (nSPS) is 10.7. The maximum atomic E-state index is 12.2. The lowest BCUT2D eigenvalue weighted by molar-refractivity contribution is 0.101. The van der Waals surface area contributed by atoms with Crippen molar-refractivity contribution in [1.29, 1.82) is 0 Å². The van der Waals surface area contributed by atoms with Crippen molar-refractivity contribution in [1.82, 2.24) is 4.90 Å². The summed E-state index contributed by atoms with van der Waals surface area (Å²) in [5.41, 5.74) is 0. The average molecular weight is 348 g/mol. The van der Waals surface area contributed by atoms with E-state index in [1.54, 1.807) is 11.8 Å². The van der Waals surface area contributed by atoms with Gasteiger partial charge < -0.3 is 14.7 Å². The summed E-state index contributed by atoms with van der Waals surface area (Å²) in [7, 11) is 0. The average Bonchev–Trinajstić information content (AvgIpc) is 2.56. The molecule has 0 bridgehead atoms. The highest BCUT2D eigenvalue weighted by atomic mass is 32.2. The molecule has 0 aliphatic carbocycles. The van der Waals surface area contributed by atoms with Gasteiger partial charge >= 0.3 is 6.09 Å². The van der Waals surface area contributed by atoms with Gasteiger partial charge in [0.1, 0.15) is 0 Å². The number of thioether (sulfide) groups is 1. The Kier molecular flexibility index (Phi) is 17.6. The molecule has 0 saturated heterocycles. The van der Waals surface area contributed by atoms with Crippen LogP contribution in [0.25, 0.3) is 0 Å². The van der Waals surface area contributed by atoms with Crippen LogP contribution in [0.15, 0.2) is 0 Å². The van der Waals surface area contributed by atoms with Gasteiger partial charge in [0, 0.05) is 18.8 Å². The van der Waals surface area contributed by atoms with Gasteiger partial charge in [-0.2, -0.15) is 11.8 Å². The Morgan fingerprint density at radius 2 is 1.52 bits per heavy atom. The van der Waals surface area contributed by atoms with Crippen LogP contribution in [-0.2, 0) is 4.74 Å². The van der Waals surface area contributed by atoms with Crippen molar-refractivity contribution in [3.05, 3.63) is 0 Å². The van der Waals surface area contributed by atoms with Crippen LogP contribution in [0.4, 0.5) is 4.79 Å². The van der Waals surface area contributed by atoms with E-state index in [9.17, 15) is 4.79 Å². The predicted octanol–water partition coefficient (Wildman–Crippen LogP) is 4.70. The minimum absolute atomic E-state index is 0.148. The first-order valence-corrected chi connectivity index (χ1v) is 10.5. The third-order valence-corrected chi connectivity index (χ3v) is 4.76. The molecule has 5 heteroatoms. The number of ether oxygens (including phenoxy) is 1. The standard InChI is InChI=1S/C18H37NO3S/c1-3-5-7-9-12-19(13-10-8-6-4-2)18(21)22-15-11-16-23-17-14-20/h20H,3-17H2,1-2H3. The molecule has 0 aromatic carbocycles. The highest BCUT2D eigenvalue weighted by Gasteiger charge is 2.13. The monoisotopic (exact) mass is 347 g/mol. The molecular formula is C18H37NO3S. The van der Waals surface area contributed by atoms with E-state index in [1.807, 2.05) is 4.90 Å². The number of unbranched alkanes of at least 4 members (excludes halogenated alkanes) is 6. The largest absolute Gasteiger partial charge is 0.449 e. The second kappa shape index (κ2) is 17.9. The highest BCUT2D eigenvalue weighted by molar-refractivity contribution is 7.99. The Morgan fingerprint density at radius 1 is 0.913 bits per heavy atom. The zero-order valence-corrected chi connectivity index (χ0v) is 16.0. The third-order valence-electron chi connectivity index (χ3n) is 3.72. The summed E-state index contributed by atoms with van der Waals surface area (Å²) >= 11 is 1.70. The lowest BCUT2D eigenvalue weighted by atomic mass is 10.2. The maximum Gasteiger partial charge on any atom is 0.409 e. The zero-order chi connectivity index (χ0) is 17.2. The number of rotatable bonds is 16. The summed E-state index contributed by atoms with van der Waals surface area (Å²) in [4.78, 5) is 14.1. The van der Waals surface area contributed by atoms with E-state index in [0.29, 0.717) is 6.61 Å². The Morgan fingerprint density at radius 3 is 2.04 bits per heavy atom. The van der Waals surface area contributed by atoms with Crippen LogP contribution in [0.2, 0.25) is 0 Å². The molecule has 1 N–H and O–H groups in total. The van der Waals surface area contributed by atoms with Crippen LogP contribution >= 0.6 is 11.8 Å². The van der Waals surface area contributed by atoms with Crippen LogP contribution in [-0.4, -0.2) is 53.9 Å². The number of hydrogen-bond acceptors (Lipinski definition) is 4. The SMILES string of the molecule is CCCCCCN(CCCCCC)C(=O)OCCCSCCO. The van der Waals surface area contributed by atoms with Gasteiger partial charge in [-0.05, 0) is 25.0 Å². The Bertz CT molecular complexity index is 253. The molecule has 0 atom stereocenters. The van der Waals surface area contributed by atoms with Crippen molar-refractivity contribution >= 4 is 17.9 Å². The predicted molar refractivity (Wildman–Crippen MR) is 100 cm³/mol. The van der Waals surface area contributed by atoms with E-state index in [1.165, 1.54) is 38.5 Å². The molecule has 0 aromatic rings. The van der Waals surface area contributed by atoms with E-state index in [-0.39, 0.29) is 12.7 Å². The Balaban J connectivity index is 3.95. The first-order valence-electron chi connectivity index (χ1n) is 9.36. The molecule has 0 spiro atoms. The first kappa shape index (κ1) is 22.6. The van der Waals surface area contributed by atoms with Crippen LogP contribution in [0.5, 0.6) is 0 Å². The number of hydrogen-bond donors (Lipinski definition) is 1. The highest BCUT2D eigenvalue weighted by Crippen LogP contribution is 2.08. The summed E-state index contributed by atoms with van der Waals surface area (Å²) in [6, 6.07) is 0. The fourth-order valence-corrected chi connectivity index (χ4v) is 2.99. The quantitative estimate of drug-likeness (QED) is 0.411. The van der Waals surface area contributed by atoms with Crippen LogP contribution in [0, 0.1) is 0 Å². The number of nitrogens with zero attached hydrogens (tertiary/aromatic N) is 1. The molecular weight excluding hydrogens is 310 g/mol. The van der Waals surface area contributed by atoms with Gasteiger partial charge in [-0.1, -0.05) is 52.4 Å². The molecule has 1 amide bonds. The van der Waals surface area contributed by atoms with E-state index in [0.717, 1.165) is 43.9 Å². The minimum Gasteiger partial charge on any atom is -0.449 e. The van der Waals surface area contributed by atoms with Gasteiger partial charge in [-0.25, -0.2) is 4.79 Å². The second-order valence-corrected chi connectivity index (χ2v) is 7.14. The number of aliphatic hydroxyl groups excluding tert-OH is 1. The van der Waals surface area contributed by atoms with Crippen molar-refractivity contribution < 1.29 is 14.6 Å². The molecule has 0 aliphatic rings. The molecule has 0 rings (SSSR count). The van der Waals surface area contributed by atoms with Crippen LogP contribution in [0.3, 0.4) is 0 Å². The number of carbonyl (C=O) groups excluding carboxylic acids is 1. The molecule has 138 valence electrons. The summed E-state index contributed by atoms with van der Waals surface area (Å²) in [5.74, 6) is 1.69. The number of aliphatic hydroxyl groups is 1. The fourth-order valence-electron chi connectivity index (χ4n) is 2.33. The maximum absolute atomic E-state index is 12.2. The van der Waals surface area contributed by atoms with Crippen molar-refractivity contribution in [2.24, 2.45) is 0 Å². The van der Waals surface area contributed by atoms with Gasteiger partial charge in [0.05, 0.1) is 13.2 Å². The van der Waals surface area contributed by atoms with Crippen molar-refractivity contribution in [3.8, 4) is 0 Å². The van der Waals surface area contributed by atoms with Crippen molar-refractivity contribution in [2.75, 3.05) is 37.8 Å². The summed E-state index contributed by atoms with van der Waals surface area (Å²) in [6.07, 6.45) is 10.1. The van der Waals surface area contributed by atoms with Crippen LogP contribution in [0.1, 0.15) is 71.6 Å². The molecule has 0 radical (unpaired) electrons. The lowest BCUT2D eigenvalue weighted by Crippen LogP contribution is -2.33. The fraction of sp³-hybridized carbons (Fsp3) is 0.944. The van der Waals surface area contributed by atoms with E-state index in [2.05, 4.69) is 13.8 Å². The molecule has 0 aromatic heterocycles. The molecule has 23 heavy (non-hydrogen) atoms. The number of amides is 1. The Hall–Kier alpha value is -0.420. The summed E-state index contributed by atoms with van der Waals surface area (Å²) in [6.45, 7) is 6.75. The lowest BCUT2D eigenvalue weighted by Gasteiger charge is -2.22. The van der Waals surface area contributed by atoms with Gasteiger partial charge in [0.25, 0.3) is 0 Å². The van der Waals surface area contributed by atoms with E-state index in [4.69, 9.17) is 9.84 Å². The summed E-state index contributed by atoms with van der Waals surface area (Å²) in [5, 5.41) is 8.71. The van der Waals surface area contributed by atoms with Crippen molar-refractivity contribution in [3.63, 3.8) is 0 Å². The molecule has 4 nitrogen and oxygen atoms in total. The third kappa shape index (κ3) is 14.9. The van der Waals surface area contributed by atoms with E-state index < -0.39 is 0 Å². The topological polar surface area (TPSA) is 49.8 Å². The zero-order valence-electron chi connectivity index (χ0n) is 15.2. The van der Waals surface area contributed by atoms with E-state index >= 15 is 0 Å².